The number of rotatable bonds is 8. The average Bonchev–Trinajstić information content (AvgIpc) is 3.27. The lowest BCUT2D eigenvalue weighted by Crippen LogP contribution is -2.16. The summed E-state index contributed by atoms with van der Waals surface area (Å²) < 4.78 is 5.73. The third kappa shape index (κ3) is 5.65. The first-order valence-electron chi connectivity index (χ1n) is 10.6. The van der Waals surface area contributed by atoms with Crippen molar-refractivity contribution in [3.63, 3.8) is 0 Å². The van der Waals surface area contributed by atoms with E-state index in [9.17, 15) is 4.79 Å². The fourth-order valence-electron chi connectivity index (χ4n) is 3.52. The minimum Gasteiger partial charge on any atom is -0.403 e. The highest BCUT2D eigenvalue weighted by atomic mass is 32.2. The molecular weight excluding hydrogens is 418 g/mol. The molecule has 0 aliphatic heterocycles. The van der Waals surface area contributed by atoms with Crippen molar-refractivity contribution in [1.82, 2.24) is 10.2 Å². The molecule has 0 saturated carbocycles. The molecule has 0 radical (unpaired) electrons. The summed E-state index contributed by atoms with van der Waals surface area (Å²) in [5.74, 6) is 0.140. The smallest absolute Gasteiger partial charge is 0.322 e. The molecule has 32 heavy (non-hydrogen) atoms. The highest BCUT2D eigenvalue weighted by molar-refractivity contribution is 7.99. The number of aromatic nitrogens is 2. The van der Waals surface area contributed by atoms with Gasteiger partial charge in [0.1, 0.15) is 0 Å². The first-order valence-corrected chi connectivity index (χ1v) is 11.5. The predicted octanol–water partition coefficient (Wildman–Crippen LogP) is 6.40. The minimum atomic E-state index is -0.179. The average molecular weight is 444 g/mol. The van der Waals surface area contributed by atoms with Crippen molar-refractivity contribution in [3.05, 3.63) is 96.1 Å². The maximum Gasteiger partial charge on any atom is 0.322 e. The van der Waals surface area contributed by atoms with Gasteiger partial charge in [0.05, 0.1) is 0 Å². The van der Waals surface area contributed by atoms with Gasteiger partial charge in [-0.3, -0.25) is 10.1 Å². The zero-order chi connectivity index (χ0) is 22.3. The van der Waals surface area contributed by atoms with Crippen molar-refractivity contribution in [2.24, 2.45) is 0 Å². The summed E-state index contributed by atoms with van der Waals surface area (Å²) in [6, 6.07) is 28.1. The van der Waals surface area contributed by atoms with Crippen LogP contribution in [0.2, 0.25) is 0 Å². The second-order valence-corrected chi connectivity index (χ2v) is 9.38. The molecule has 0 bridgehead atoms. The van der Waals surface area contributed by atoms with Gasteiger partial charge in [-0.2, -0.15) is 0 Å². The van der Waals surface area contributed by atoms with E-state index in [2.05, 4.69) is 35.4 Å². The lowest BCUT2D eigenvalue weighted by atomic mass is 9.88. The van der Waals surface area contributed by atoms with Crippen molar-refractivity contribution in [3.8, 4) is 11.5 Å². The van der Waals surface area contributed by atoms with Crippen LogP contribution in [0.1, 0.15) is 37.3 Å². The molecular formula is C26H25N3O2S. The van der Waals surface area contributed by atoms with Gasteiger partial charge < -0.3 is 4.42 Å². The van der Waals surface area contributed by atoms with Gasteiger partial charge in [0.15, 0.2) is 0 Å². The summed E-state index contributed by atoms with van der Waals surface area (Å²) in [7, 11) is 0. The van der Waals surface area contributed by atoms with Crippen molar-refractivity contribution in [1.29, 1.82) is 0 Å². The molecule has 3 aromatic carbocycles. The highest BCUT2D eigenvalue weighted by Gasteiger charge is 2.20. The van der Waals surface area contributed by atoms with E-state index in [1.54, 1.807) is 11.8 Å². The van der Waals surface area contributed by atoms with Crippen LogP contribution >= 0.6 is 11.8 Å². The van der Waals surface area contributed by atoms with Crippen LogP contribution in [0.4, 0.5) is 6.01 Å². The number of nitrogens with one attached hydrogen (secondary N) is 1. The third-order valence-electron chi connectivity index (χ3n) is 4.92. The summed E-state index contributed by atoms with van der Waals surface area (Å²) in [6.45, 7) is 4.30. The Morgan fingerprint density at radius 1 is 0.906 bits per heavy atom. The van der Waals surface area contributed by atoms with Crippen molar-refractivity contribution in [2.45, 2.75) is 36.3 Å². The van der Waals surface area contributed by atoms with E-state index in [1.165, 1.54) is 0 Å². The molecule has 1 heterocycles. The van der Waals surface area contributed by atoms with Gasteiger partial charge in [-0.25, -0.2) is 0 Å². The van der Waals surface area contributed by atoms with Crippen LogP contribution in [0.25, 0.3) is 11.5 Å². The molecule has 1 aromatic heterocycles. The Labute approximate surface area is 192 Å². The second-order valence-electron chi connectivity index (χ2n) is 7.73. The number of carbonyl (C=O) groups excluding carboxylic acids is 1. The fourth-order valence-corrected chi connectivity index (χ4v) is 4.42. The molecule has 0 unspecified atom stereocenters. The SMILES string of the molecule is CC(C)Sc1cccc(-c2nnc(NC(=O)CC(c3ccccc3)c3ccccc3)o2)c1. The van der Waals surface area contributed by atoms with Crippen LogP contribution in [-0.4, -0.2) is 21.4 Å². The summed E-state index contributed by atoms with van der Waals surface area (Å²) in [4.78, 5) is 14.0. The van der Waals surface area contributed by atoms with E-state index in [0.717, 1.165) is 21.6 Å². The lowest BCUT2D eigenvalue weighted by Gasteiger charge is -2.17. The van der Waals surface area contributed by atoms with E-state index in [-0.39, 0.29) is 24.3 Å². The highest BCUT2D eigenvalue weighted by Crippen LogP contribution is 2.30. The van der Waals surface area contributed by atoms with Gasteiger partial charge in [0.25, 0.3) is 0 Å². The summed E-state index contributed by atoms with van der Waals surface area (Å²) in [6.07, 6.45) is 0.270. The topological polar surface area (TPSA) is 68.0 Å². The lowest BCUT2D eigenvalue weighted by molar-refractivity contribution is -0.116. The molecule has 4 aromatic rings. The number of anilines is 1. The summed E-state index contributed by atoms with van der Waals surface area (Å²) in [5.41, 5.74) is 2.99. The monoisotopic (exact) mass is 443 g/mol. The number of carbonyl (C=O) groups is 1. The summed E-state index contributed by atoms with van der Waals surface area (Å²) in [5, 5.41) is 11.4. The van der Waals surface area contributed by atoms with Gasteiger partial charge >= 0.3 is 6.01 Å². The largest absolute Gasteiger partial charge is 0.403 e. The van der Waals surface area contributed by atoms with Crippen LogP contribution < -0.4 is 5.32 Å². The van der Waals surface area contributed by atoms with Crippen molar-refractivity contribution in [2.75, 3.05) is 5.32 Å². The third-order valence-corrected chi connectivity index (χ3v) is 5.92. The van der Waals surface area contributed by atoms with Crippen molar-refractivity contribution < 1.29 is 9.21 Å². The zero-order valence-electron chi connectivity index (χ0n) is 18.1. The van der Waals surface area contributed by atoms with Crippen LogP contribution in [0.3, 0.4) is 0 Å². The second kappa shape index (κ2) is 10.3. The van der Waals surface area contributed by atoms with Gasteiger partial charge in [0, 0.05) is 28.0 Å². The molecule has 0 atom stereocenters. The quantitative estimate of drug-likeness (QED) is 0.319. The molecule has 5 nitrogen and oxygen atoms in total. The molecule has 162 valence electrons. The van der Waals surface area contributed by atoms with Crippen molar-refractivity contribution >= 4 is 23.7 Å². The first-order chi connectivity index (χ1) is 15.6. The summed E-state index contributed by atoms with van der Waals surface area (Å²) >= 11 is 1.77. The van der Waals surface area contributed by atoms with Crippen LogP contribution in [-0.2, 0) is 4.79 Å². The fraction of sp³-hybridized carbons (Fsp3) is 0.192. The molecule has 0 aliphatic carbocycles. The van der Waals surface area contributed by atoms with E-state index >= 15 is 0 Å². The van der Waals surface area contributed by atoms with Crippen LogP contribution in [0, 0.1) is 0 Å². The van der Waals surface area contributed by atoms with E-state index in [4.69, 9.17) is 4.42 Å². The molecule has 1 N–H and O–H groups in total. The number of nitrogens with zero attached hydrogens (tertiary/aromatic N) is 2. The molecule has 0 aliphatic rings. The van der Waals surface area contributed by atoms with Gasteiger partial charge in [0.2, 0.25) is 11.8 Å². The Hall–Kier alpha value is -3.38. The molecule has 1 amide bonds. The Morgan fingerprint density at radius 2 is 1.56 bits per heavy atom. The Kier molecular flexibility index (Phi) is 7.02. The Balaban J connectivity index is 1.48. The van der Waals surface area contributed by atoms with Gasteiger partial charge in [-0.1, -0.05) is 85.7 Å². The van der Waals surface area contributed by atoms with E-state index in [0.29, 0.717) is 11.1 Å². The molecule has 6 heteroatoms. The normalized spacial score (nSPS) is 11.1. The zero-order valence-corrected chi connectivity index (χ0v) is 18.9. The number of benzene rings is 3. The molecule has 0 fully saturated rings. The maximum atomic E-state index is 12.8. The number of thioether (sulfide) groups is 1. The van der Waals surface area contributed by atoms with Gasteiger partial charge in [-0.05, 0) is 29.3 Å². The van der Waals surface area contributed by atoms with Gasteiger partial charge in [-0.15, -0.1) is 16.9 Å². The molecule has 0 spiro atoms. The number of hydrogen-bond donors (Lipinski definition) is 1. The maximum absolute atomic E-state index is 12.8. The van der Waals surface area contributed by atoms with E-state index in [1.807, 2.05) is 78.9 Å². The molecule has 0 saturated heterocycles. The van der Waals surface area contributed by atoms with E-state index < -0.39 is 0 Å². The minimum absolute atomic E-state index is 0.0652. The Morgan fingerprint density at radius 3 is 2.19 bits per heavy atom. The predicted molar refractivity (Wildman–Crippen MR) is 129 cm³/mol. The standard InChI is InChI=1S/C26H25N3O2S/c1-18(2)32-22-15-9-14-21(16-22)25-28-29-26(31-25)27-24(30)17-23(19-10-5-3-6-11-19)20-12-7-4-8-13-20/h3-16,18,23H,17H2,1-2H3,(H,27,29,30). The molecule has 4 rings (SSSR count). The Bertz CT molecular complexity index is 1120. The number of hydrogen-bond acceptors (Lipinski definition) is 5. The first kappa shape index (κ1) is 21.8. The van der Waals surface area contributed by atoms with Crippen LogP contribution in [0.15, 0.2) is 94.2 Å². The van der Waals surface area contributed by atoms with Crippen LogP contribution in [0.5, 0.6) is 0 Å². The number of amides is 1.